The Bertz CT molecular complexity index is 740. The van der Waals surface area contributed by atoms with Crippen molar-refractivity contribution >= 4 is 25.8 Å². The third kappa shape index (κ3) is 5.33. The van der Waals surface area contributed by atoms with Gasteiger partial charge in [-0.05, 0) is 24.2 Å². The van der Waals surface area contributed by atoms with Gasteiger partial charge < -0.3 is 25.5 Å². The van der Waals surface area contributed by atoms with E-state index in [9.17, 15) is 23.1 Å². The summed E-state index contributed by atoms with van der Waals surface area (Å²) in [6.45, 7) is 9.11. The van der Waals surface area contributed by atoms with Gasteiger partial charge in [-0.15, -0.1) is 0 Å². The highest BCUT2D eigenvalue weighted by Gasteiger charge is 2.54. The summed E-state index contributed by atoms with van der Waals surface area (Å²) in [6.07, 6.45) is -4.51. The Morgan fingerprint density at radius 2 is 1.97 bits per heavy atom. The number of carbonyl (C=O) groups is 1. The highest BCUT2D eigenvalue weighted by Crippen LogP contribution is 2.43. The fourth-order valence-electron chi connectivity index (χ4n) is 3.18. The number of piperidine rings is 1. The van der Waals surface area contributed by atoms with Gasteiger partial charge in [-0.3, -0.25) is 4.98 Å². The predicted octanol–water partition coefficient (Wildman–Crippen LogP) is 3.69. The van der Waals surface area contributed by atoms with E-state index in [1.165, 1.54) is 23.4 Å². The summed E-state index contributed by atoms with van der Waals surface area (Å²) >= 11 is 0. The highest BCUT2D eigenvalue weighted by molar-refractivity contribution is 6.74. The summed E-state index contributed by atoms with van der Waals surface area (Å²) in [5, 5.41) is 11.2. The van der Waals surface area contributed by atoms with Crippen LogP contribution >= 0.6 is 0 Å². The Hall–Kier alpha value is -2.01. The van der Waals surface area contributed by atoms with E-state index in [4.69, 9.17) is 10.2 Å². The molecular formula is C18H29F3N4O3Si. The summed E-state index contributed by atoms with van der Waals surface area (Å²) in [6, 6.07) is 0.449. The molecule has 0 spiro atoms. The zero-order chi connectivity index (χ0) is 22.2. The Labute approximate surface area is 169 Å². The molecule has 0 unspecified atom stereocenters. The number of hydrogen-bond donors (Lipinski definition) is 3. The number of anilines is 2. The van der Waals surface area contributed by atoms with Gasteiger partial charge in [0, 0.05) is 19.3 Å². The molecule has 1 fully saturated rings. The molecule has 0 bridgehead atoms. The fraction of sp³-hybridized carbons (Fsp3) is 0.667. The summed E-state index contributed by atoms with van der Waals surface area (Å²) in [5.41, 5.74) is 6.51. The number of nitrogens with one attached hydrogen (secondary N) is 1. The molecule has 0 radical (unpaired) electrons. The molecule has 7 nitrogen and oxygen atoms in total. The molecule has 2 rings (SSSR count). The standard InChI is InChI=1S/C18H29F3N4O3Si/c1-17(2,3)29(4,5)28-15-11(18(19,20)21)9-25(10-13(15)24-16(26)27)14-6-7-23-8-12(14)22/h6-8,11,13,15,24H,9-10,22H2,1-5H3,(H,26,27)/t11-,13+,15+/m0/s1. The van der Waals surface area contributed by atoms with Crippen LogP contribution in [-0.4, -0.2) is 55.9 Å². The van der Waals surface area contributed by atoms with Crippen molar-refractivity contribution in [2.75, 3.05) is 23.7 Å². The van der Waals surface area contributed by atoms with Gasteiger partial charge in [-0.25, -0.2) is 4.79 Å². The minimum atomic E-state index is -4.58. The van der Waals surface area contributed by atoms with Crippen LogP contribution in [0.3, 0.4) is 0 Å². The summed E-state index contributed by atoms with van der Waals surface area (Å²) in [7, 11) is -2.60. The summed E-state index contributed by atoms with van der Waals surface area (Å²) in [4.78, 5) is 16.7. The van der Waals surface area contributed by atoms with Crippen molar-refractivity contribution in [1.82, 2.24) is 10.3 Å². The first-order valence-electron chi connectivity index (χ1n) is 9.32. The van der Waals surface area contributed by atoms with Gasteiger partial charge in [0.2, 0.25) is 0 Å². The van der Waals surface area contributed by atoms with E-state index >= 15 is 0 Å². The molecule has 164 valence electrons. The lowest BCUT2D eigenvalue weighted by atomic mass is 9.89. The molecule has 0 aromatic carbocycles. The second-order valence-electron chi connectivity index (χ2n) is 8.89. The Balaban J connectivity index is 2.46. The zero-order valence-electron chi connectivity index (χ0n) is 17.2. The molecule has 1 amide bonds. The number of alkyl halides is 3. The van der Waals surface area contributed by atoms with Crippen molar-refractivity contribution in [3.8, 4) is 0 Å². The Kier molecular flexibility index (Phi) is 6.43. The number of nitrogens with zero attached hydrogens (tertiary/aromatic N) is 2. The van der Waals surface area contributed by atoms with Crippen LogP contribution in [0.15, 0.2) is 18.5 Å². The van der Waals surface area contributed by atoms with Crippen molar-refractivity contribution in [3.63, 3.8) is 0 Å². The molecule has 29 heavy (non-hydrogen) atoms. The largest absolute Gasteiger partial charge is 0.465 e. The average Bonchev–Trinajstić information content (AvgIpc) is 2.54. The number of pyridine rings is 1. The molecule has 3 atom stereocenters. The second kappa shape index (κ2) is 8.02. The SMILES string of the molecule is CC(C)(C)[Si](C)(C)O[C@H]1[C@H](NC(=O)O)CN(c2ccncc2N)C[C@@H]1C(F)(F)F. The van der Waals surface area contributed by atoms with E-state index < -0.39 is 38.7 Å². The number of halogens is 3. The van der Waals surface area contributed by atoms with Crippen LogP contribution in [-0.2, 0) is 4.43 Å². The van der Waals surface area contributed by atoms with Gasteiger partial charge in [0.15, 0.2) is 8.32 Å². The first kappa shape index (κ1) is 23.3. The molecule has 1 aromatic rings. The third-order valence-corrected chi connectivity index (χ3v) is 10.2. The Morgan fingerprint density at radius 1 is 1.34 bits per heavy atom. The molecule has 1 aliphatic heterocycles. The number of hydrogen-bond acceptors (Lipinski definition) is 5. The topological polar surface area (TPSA) is 101 Å². The van der Waals surface area contributed by atoms with Crippen LogP contribution in [0.4, 0.5) is 29.3 Å². The first-order valence-corrected chi connectivity index (χ1v) is 12.2. The van der Waals surface area contributed by atoms with Gasteiger partial charge in [0.05, 0.1) is 35.6 Å². The highest BCUT2D eigenvalue weighted by atomic mass is 28.4. The number of nitrogens with two attached hydrogens (primary N) is 1. The molecule has 11 heteroatoms. The molecule has 1 aromatic heterocycles. The number of aromatic nitrogens is 1. The number of rotatable bonds is 4. The van der Waals surface area contributed by atoms with E-state index in [0.717, 1.165) is 0 Å². The molecule has 1 saturated heterocycles. The first-order chi connectivity index (χ1) is 13.1. The van der Waals surface area contributed by atoms with Crippen LogP contribution in [0.5, 0.6) is 0 Å². The molecule has 1 aliphatic rings. The number of amides is 1. The van der Waals surface area contributed by atoms with Crippen LogP contribution in [0.2, 0.25) is 18.1 Å². The van der Waals surface area contributed by atoms with Crippen molar-refractivity contribution in [2.45, 2.75) is 57.2 Å². The van der Waals surface area contributed by atoms with Gasteiger partial charge in [-0.1, -0.05) is 20.8 Å². The smallest absolute Gasteiger partial charge is 0.405 e. The normalized spacial score (nSPS) is 23.7. The average molecular weight is 435 g/mol. The fourth-order valence-corrected chi connectivity index (χ4v) is 4.54. The minimum absolute atomic E-state index is 0.00633. The van der Waals surface area contributed by atoms with Gasteiger partial charge in [0.25, 0.3) is 0 Å². The molecule has 0 aliphatic carbocycles. The van der Waals surface area contributed by atoms with E-state index in [0.29, 0.717) is 5.69 Å². The maximum atomic E-state index is 14.1. The second-order valence-corrected chi connectivity index (χ2v) is 13.6. The monoisotopic (exact) mass is 434 g/mol. The molecule has 4 N–H and O–H groups in total. The minimum Gasteiger partial charge on any atom is -0.465 e. The van der Waals surface area contributed by atoms with E-state index in [2.05, 4.69) is 10.3 Å². The summed E-state index contributed by atoms with van der Waals surface area (Å²) < 4.78 is 48.3. The lowest BCUT2D eigenvalue weighted by Gasteiger charge is -2.49. The molecule has 2 heterocycles. The van der Waals surface area contributed by atoms with Crippen LogP contribution < -0.4 is 16.0 Å². The molecule has 0 saturated carbocycles. The lowest BCUT2D eigenvalue weighted by molar-refractivity contribution is -0.201. The maximum absolute atomic E-state index is 14.1. The van der Waals surface area contributed by atoms with Crippen molar-refractivity contribution in [3.05, 3.63) is 18.5 Å². The zero-order valence-corrected chi connectivity index (χ0v) is 18.2. The third-order valence-electron chi connectivity index (χ3n) is 5.76. The maximum Gasteiger partial charge on any atom is 0.405 e. The van der Waals surface area contributed by atoms with Gasteiger partial charge in [-0.2, -0.15) is 13.2 Å². The molecular weight excluding hydrogens is 405 g/mol. The summed E-state index contributed by atoms with van der Waals surface area (Å²) in [5.74, 6) is -1.88. The van der Waals surface area contributed by atoms with Gasteiger partial charge in [0.1, 0.15) is 0 Å². The van der Waals surface area contributed by atoms with Crippen LogP contribution in [0.25, 0.3) is 0 Å². The number of nitrogen functional groups attached to an aromatic ring is 1. The van der Waals surface area contributed by atoms with Crippen LogP contribution in [0.1, 0.15) is 20.8 Å². The van der Waals surface area contributed by atoms with Crippen molar-refractivity contribution in [1.29, 1.82) is 0 Å². The quantitative estimate of drug-likeness (QED) is 0.625. The van der Waals surface area contributed by atoms with E-state index in [1.54, 1.807) is 0 Å². The number of carboxylic acid groups (broad SMARTS) is 1. The Morgan fingerprint density at radius 3 is 2.45 bits per heavy atom. The van der Waals surface area contributed by atoms with Crippen molar-refractivity contribution in [2.24, 2.45) is 5.92 Å². The van der Waals surface area contributed by atoms with E-state index in [-0.39, 0.29) is 23.8 Å². The van der Waals surface area contributed by atoms with Crippen molar-refractivity contribution < 1.29 is 27.5 Å². The van der Waals surface area contributed by atoms with Gasteiger partial charge >= 0.3 is 12.3 Å². The van der Waals surface area contributed by atoms with Crippen LogP contribution in [0, 0.1) is 5.92 Å². The lowest BCUT2D eigenvalue weighted by Crippen LogP contribution is -2.65. The predicted molar refractivity (Wildman–Crippen MR) is 107 cm³/mol. The van der Waals surface area contributed by atoms with E-state index in [1.807, 2.05) is 33.9 Å².